The first-order chi connectivity index (χ1) is 13.0. The Balaban J connectivity index is 1.26. The third-order valence-electron chi connectivity index (χ3n) is 6.25. The van der Waals surface area contributed by atoms with Crippen LogP contribution in [-0.2, 0) is 27.5 Å². The lowest BCUT2D eigenvalue weighted by Gasteiger charge is -2.32. The van der Waals surface area contributed by atoms with Crippen LogP contribution in [0.1, 0.15) is 49.7 Å². The van der Waals surface area contributed by atoms with E-state index in [9.17, 15) is 13.2 Å². The summed E-state index contributed by atoms with van der Waals surface area (Å²) in [6.07, 6.45) is 7.82. The second-order valence-corrected chi connectivity index (χ2v) is 10.5. The van der Waals surface area contributed by atoms with Gasteiger partial charge >= 0.3 is 0 Å². The van der Waals surface area contributed by atoms with E-state index in [0.717, 1.165) is 63.2 Å². The van der Waals surface area contributed by atoms with E-state index in [1.165, 1.54) is 18.4 Å². The maximum Gasteiger partial charge on any atom is 0.223 e. The molecule has 0 radical (unpaired) electrons. The fourth-order valence-electron chi connectivity index (χ4n) is 4.23. The van der Waals surface area contributed by atoms with Crippen LogP contribution in [-0.4, -0.2) is 50.7 Å². The third-order valence-corrected chi connectivity index (χ3v) is 7.97. The van der Waals surface area contributed by atoms with Crippen LogP contribution in [0.2, 0.25) is 0 Å². The summed E-state index contributed by atoms with van der Waals surface area (Å²) in [4.78, 5) is 14.7. The Morgan fingerprint density at radius 3 is 2.56 bits per heavy atom. The molecule has 2 aliphatic carbocycles. The molecule has 5 nitrogen and oxygen atoms in total. The number of nitrogens with zero attached hydrogens (tertiary/aromatic N) is 1. The van der Waals surface area contributed by atoms with Crippen molar-refractivity contribution in [3.63, 3.8) is 0 Å². The normalized spacial score (nSPS) is 20.7. The number of fused-ring (bicyclic) bond motifs is 1. The lowest BCUT2D eigenvalue weighted by molar-refractivity contribution is -0.131. The summed E-state index contributed by atoms with van der Waals surface area (Å²) in [6, 6.07) is 5.97. The van der Waals surface area contributed by atoms with E-state index in [0.29, 0.717) is 10.9 Å². The molecule has 0 bridgehead atoms. The Bertz CT molecular complexity index is 794. The lowest BCUT2D eigenvalue weighted by atomic mass is 10.0. The molecule has 3 aliphatic rings. The summed E-state index contributed by atoms with van der Waals surface area (Å²) in [7, 11) is -3.40. The van der Waals surface area contributed by atoms with E-state index >= 15 is 0 Å². The molecule has 0 aromatic heterocycles. The van der Waals surface area contributed by atoms with Gasteiger partial charge in [0.1, 0.15) is 0 Å². The Morgan fingerprint density at radius 2 is 1.81 bits per heavy atom. The van der Waals surface area contributed by atoms with Crippen LogP contribution < -0.4 is 5.32 Å². The fourth-order valence-corrected chi connectivity index (χ4v) is 5.50. The van der Waals surface area contributed by atoms with Crippen LogP contribution in [0.25, 0.3) is 0 Å². The minimum absolute atomic E-state index is 0.0274. The van der Waals surface area contributed by atoms with Crippen LogP contribution in [0.4, 0.5) is 0 Å². The molecule has 1 aromatic rings. The highest BCUT2D eigenvalue weighted by atomic mass is 32.2. The zero-order valence-corrected chi connectivity index (χ0v) is 16.8. The lowest BCUT2D eigenvalue weighted by Crippen LogP contribution is -2.45. The van der Waals surface area contributed by atoms with E-state index in [-0.39, 0.29) is 18.1 Å². The molecular weight excluding hydrogens is 360 g/mol. The summed E-state index contributed by atoms with van der Waals surface area (Å²) in [5.74, 6) is 0.749. The Hall–Kier alpha value is -1.40. The van der Waals surface area contributed by atoms with Crippen LogP contribution in [0.15, 0.2) is 23.1 Å². The number of hydrogen-bond acceptors (Lipinski definition) is 4. The number of sulfone groups is 1. The number of rotatable bonds is 7. The molecule has 0 spiro atoms. The number of amides is 1. The molecule has 1 aliphatic heterocycles. The van der Waals surface area contributed by atoms with E-state index in [1.54, 1.807) is 6.07 Å². The highest BCUT2D eigenvalue weighted by Gasteiger charge is 2.27. The Morgan fingerprint density at radius 1 is 1.07 bits per heavy atom. The van der Waals surface area contributed by atoms with Gasteiger partial charge in [-0.15, -0.1) is 0 Å². The van der Waals surface area contributed by atoms with Crippen LogP contribution in [0, 0.1) is 5.92 Å². The Labute approximate surface area is 162 Å². The minimum atomic E-state index is -3.40. The van der Waals surface area contributed by atoms with E-state index < -0.39 is 9.84 Å². The van der Waals surface area contributed by atoms with Crippen molar-refractivity contribution in [1.82, 2.24) is 10.2 Å². The molecule has 2 fully saturated rings. The molecule has 1 amide bonds. The third kappa shape index (κ3) is 4.72. The predicted octanol–water partition coefficient (Wildman–Crippen LogP) is 2.33. The summed E-state index contributed by atoms with van der Waals surface area (Å²) < 4.78 is 25.3. The average molecular weight is 391 g/mol. The zero-order valence-electron chi connectivity index (χ0n) is 16.0. The van der Waals surface area contributed by atoms with Gasteiger partial charge in [0.2, 0.25) is 5.91 Å². The monoisotopic (exact) mass is 390 g/mol. The number of carbonyl (C=O) groups excluding carboxylic acids is 1. The van der Waals surface area contributed by atoms with Crippen molar-refractivity contribution in [3.05, 3.63) is 29.3 Å². The molecule has 1 saturated heterocycles. The van der Waals surface area contributed by atoms with Gasteiger partial charge in [0.05, 0.1) is 10.6 Å². The van der Waals surface area contributed by atoms with Gasteiger partial charge in [-0.2, -0.15) is 0 Å². The number of likely N-dealkylation sites (tertiary alicyclic amines) is 1. The fraction of sp³-hybridized carbons (Fsp3) is 0.667. The van der Waals surface area contributed by atoms with Gasteiger partial charge < -0.3 is 10.2 Å². The molecule has 0 atom stereocenters. The summed E-state index contributed by atoms with van der Waals surface area (Å²) in [6.45, 7) is 2.58. The van der Waals surface area contributed by atoms with Crippen molar-refractivity contribution in [2.45, 2.75) is 62.3 Å². The molecule has 0 unspecified atom stereocenters. The molecular formula is C21H30N2O3S. The highest BCUT2D eigenvalue weighted by Crippen LogP contribution is 2.28. The molecule has 27 heavy (non-hydrogen) atoms. The number of aryl methyl sites for hydroxylation is 2. The van der Waals surface area contributed by atoms with Crippen molar-refractivity contribution in [1.29, 1.82) is 0 Å². The Kier molecular flexibility index (Phi) is 5.55. The van der Waals surface area contributed by atoms with Crippen molar-refractivity contribution in [2.75, 3.05) is 25.4 Å². The standard InChI is InChI=1S/C21H30N2O3S/c24-21(23-11-8-19(9-12-23)22-15-16-4-5-16)10-13-27(25,26)20-7-6-17-2-1-3-18(17)14-20/h6-7,14,16,19,22H,1-5,8-13,15H2. The molecule has 1 aromatic carbocycles. The average Bonchev–Trinajstić information content (AvgIpc) is 3.39. The molecule has 1 N–H and O–H groups in total. The van der Waals surface area contributed by atoms with E-state index in [4.69, 9.17) is 0 Å². The maximum atomic E-state index is 12.6. The second-order valence-electron chi connectivity index (χ2n) is 8.36. The smallest absolute Gasteiger partial charge is 0.223 e. The van der Waals surface area contributed by atoms with Crippen LogP contribution in [0.5, 0.6) is 0 Å². The summed E-state index contributed by atoms with van der Waals surface area (Å²) >= 11 is 0. The molecule has 6 heteroatoms. The quantitative estimate of drug-likeness (QED) is 0.776. The van der Waals surface area contributed by atoms with Gasteiger partial charge in [-0.25, -0.2) is 8.42 Å². The molecule has 148 valence electrons. The van der Waals surface area contributed by atoms with Crippen molar-refractivity contribution in [3.8, 4) is 0 Å². The van der Waals surface area contributed by atoms with Crippen molar-refractivity contribution >= 4 is 15.7 Å². The summed E-state index contributed by atoms with van der Waals surface area (Å²) in [5, 5.41) is 3.61. The van der Waals surface area contributed by atoms with Crippen molar-refractivity contribution in [2.24, 2.45) is 5.92 Å². The first-order valence-electron chi connectivity index (χ1n) is 10.4. The van der Waals surface area contributed by atoms with Gasteiger partial charge in [-0.3, -0.25) is 4.79 Å². The van der Waals surface area contributed by atoms with Gasteiger partial charge in [0.25, 0.3) is 0 Å². The molecule has 1 saturated carbocycles. The minimum Gasteiger partial charge on any atom is -0.343 e. The summed E-state index contributed by atoms with van der Waals surface area (Å²) in [5.41, 5.74) is 2.42. The molecule has 1 heterocycles. The topological polar surface area (TPSA) is 66.5 Å². The molecule has 4 rings (SSSR count). The largest absolute Gasteiger partial charge is 0.343 e. The van der Waals surface area contributed by atoms with E-state index in [2.05, 4.69) is 5.32 Å². The zero-order chi connectivity index (χ0) is 18.9. The first kappa shape index (κ1) is 18.9. The second kappa shape index (κ2) is 7.92. The predicted molar refractivity (Wildman–Crippen MR) is 105 cm³/mol. The highest BCUT2D eigenvalue weighted by molar-refractivity contribution is 7.91. The van der Waals surface area contributed by atoms with Crippen molar-refractivity contribution < 1.29 is 13.2 Å². The SMILES string of the molecule is O=C(CCS(=O)(=O)c1ccc2c(c1)CCC2)N1CCC(NCC2CC2)CC1. The number of nitrogens with one attached hydrogen (secondary N) is 1. The first-order valence-corrected chi connectivity index (χ1v) is 12.0. The van der Waals surface area contributed by atoms with Gasteiger partial charge in [0, 0.05) is 25.6 Å². The van der Waals surface area contributed by atoms with Gasteiger partial charge in [-0.1, -0.05) is 6.07 Å². The number of piperidine rings is 1. The van der Waals surface area contributed by atoms with Crippen LogP contribution in [0.3, 0.4) is 0 Å². The van der Waals surface area contributed by atoms with Gasteiger partial charge in [-0.05, 0) is 80.7 Å². The maximum absolute atomic E-state index is 12.6. The van der Waals surface area contributed by atoms with Gasteiger partial charge in [0.15, 0.2) is 9.84 Å². The van der Waals surface area contributed by atoms with Crippen LogP contribution >= 0.6 is 0 Å². The number of hydrogen-bond donors (Lipinski definition) is 1. The number of carbonyl (C=O) groups is 1. The van der Waals surface area contributed by atoms with E-state index in [1.807, 2.05) is 17.0 Å². The number of benzene rings is 1.